The van der Waals surface area contributed by atoms with E-state index in [1.807, 2.05) is 0 Å². The van der Waals surface area contributed by atoms with Crippen molar-refractivity contribution in [3.63, 3.8) is 0 Å². The van der Waals surface area contributed by atoms with Gasteiger partial charge in [-0.15, -0.1) is 0 Å². The highest BCUT2D eigenvalue weighted by molar-refractivity contribution is 7.90. The van der Waals surface area contributed by atoms with Crippen molar-refractivity contribution in [2.75, 3.05) is 6.26 Å². The van der Waals surface area contributed by atoms with Crippen LogP contribution in [0.25, 0.3) is 0 Å². The monoisotopic (exact) mass is 246 g/mol. The predicted octanol–water partition coefficient (Wildman–Crippen LogP) is 0.497. The minimum absolute atomic E-state index is 0.405. The summed E-state index contributed by atoms with van der Waals surface area (Å²) in [7, 11) is -3.73. The molecule has 0 aliphatic carbocycles. The predicted molar refractivity (Wildman–Crippen MR) is 51.5 cm³/mol. The molecule has 0 radical (unpaired) electrons. The van der Waals surface area contributed by atoms with Crippen molar-refractivity contribution >= 4 is 21.6 Å². The van der Waals surface area contributed by atoms with E-state index in [0.29, 0.717) is 6.07 Å². The summed E-state index contributed by atoms with van der Waals surface area (Å²) in [5, 5.41) is 8.37. The van der Waals surface area contributed by atoms with Crippen LogP contribution in [0.1, 0.15) is 10.4 Å². The summed E-state index contributed by atoms with van der Waals surface area (Å²) >= 11 is 0. The van der Waals surface area contributed by atoms with Crippen LogP contribution in [0.4, 0.5) is 4.39 Å². The number of hydrogen-bond donors (Lipinski definition) is 1. The van der Waals surface area contributed by atoms with Crippen molar-refractivity contribution in [3.05, 3.63) is 29.6 Å². The average Bonchev–Trinajstić information content (AvgIpc) is 2.14. The van der Waals surface area contributed by atoms with Crippen molar-refractivity contribution in [1.29, 1.82) is 0 Å². The Morgan fingerprint density at radius 2 is 1.88 bits per heavy atom. The van der Waals surface area contributed by atoms with Crippen LogP contribution >= 0.6 is 0 Å². The topological polar surface area (TPSA) is 88.5 Å². The van der Waals surface area contributed by atoms with Gasteiger partial charge in [-0.05, 0) is 18.2 Å². The molecule has 1 aromatic carbocycles. The van der Waals surface area contributed by atoms with E-state index >= 15 is 0 Å². The van der Waals surface area contributed by atoms with Gasteiger partial charge in [-0.2, -0.15) is 0 Å². The molecule has 0 spiro atoms. The summed E-state index contributed by atoms with van der Waals surface area (Å²) in [6.07, 6.45) is 0.810. The zero-order valence-corrected chi connectivity index (χ0v) is 8.91. The standard InChI is InChI=1S/C9H7FO5S/c1-16(14,15)7-3-2-5(4-6(7)10)8(11)9(12)13/h2-4H,1H3,(H,12,13). The van der Waals surface area contributed by atoms with Gasteiger partial charge in [-0.25, -0.2) is 17.6 Å². The van der Waals surface area contributed by atoms with Gasteiger partial charge in [0.15, 0.2) is 9.84 Å². The molecule has 0 atom stereocenters. The molecule has 0 saturated heterocycles. The van der Waals surface area contributed by atoms with Gasteiger partial charge >= 0.3 is 5.97 Å². The zero-order chi connectivity index (χ0) is 12.5. The highest BCUT2D eigenvalue weighted by Gasteiger charge is 2.19. The Labute approximate surface area is 90.4 Å². The zero-order valence-electron chi connectivity index (χ0n) is 8.10. The second kappa shape index (κ2) is 4.01. The normalized spacial score (nSPS) is 11.1. The van der Waals surface area contributed by atoms with Crippen molar-refractivity contribution in [3.8, 4) is 0 Å². The maximum Gasteiger partial charge on any atom is 0.377 e. The Kier molecular flexibility index (Phi) is 3.09. The fourth-order valence-electron chi connectivity index (χ4n) is 1.07. The first-order valence-corrected chi connectivity index (χ1v) is 5.90. The van der Waals surface area contributed by atoms with E-state index in [-0.39, 0.29) is 0 Å². The Bertz CT molecular complexity index is 561. The molecule has 16 heavy (non-hydrogen) atoms. The van der Waals surface area contributed by atoms with E-state index in [4.69, 9.17) is 5.11 Å². The number of ketones is 1. The molecule has 0 fully saturated rings. The van der Waals surface area contributed by atoms with Crippen LogP contribution in [0.2, 0.25) is 0 Å². The smallest absolute Gasteiger partial charge is 0.377 e. The third-order valence-corrected chi connectivity index (χ3v) is 2.92. The SMILES string of the molecule is CS(=O)(=O)c1ccc(C(=O)C(=O)O)cc1F. The van der Waals surface area contributed by atoms with Crippen LogP contribution in [0.15, 0.2) is 23.1 Å². The van der Waals surface area contributed by atoms with Gasteiger partial charge in [-0.1, -0.05) is 0 Å². The number of carbonyl (C=O) groups excluding carboxylic acids is 1. The molecule has 1 aromatic rings. The molecule has 0 aromatic heterocycles. The molecule has 0 saturated carbocycles. The van der Waals surface area contributed by atoms with E-state index in [1.165, 1.54) is 0 Å². The van der Waals surface area contributed by atoms with Gasteiger partial charge in [0, 0.05) is 11.8 Å². The summed E-state index contributed by atoms with van der Waals surface area (Å²) in [6, 6.07) is 2.41. The van der Waals surface area contributed by atoms with Gasteiger partial charge < -0.3 is 5.11 Å². The van der Waals surface area contributed by atoms with Gasteiger partial charge in [0.2, 0.25) is 0 Å². The number of carboxylic acids is 1. The first-order chi connectivity index (χ1) is 7.23. The Hall–Kier alpha value is -1.76. The fraction of sp³-hybridized carbons (Fsp3) is 0.111. The van der Waals surface area contributed by atoms with E-state index in [0.717, 1.165) is 18.4 Å². The number of hydrogen-bond acceptors (Lipinski definition) is 4. The Morgan fingerprint density at radius 1 is 1.31 bits per heavy atom. The second-order valence-corrected chi connectivity index (χ2v) is 5.04. The quantitative estimate of drug-likeness (QED) is 0.619. The van der Waals surface area contributed by atoms with Crippen molar-refractivity contribution in [2.45, 2.75) is 4.90 Å². The van der Waals surface area contributed by atoms with Gasteiger partial charge in [-0.3, -0.25) is 4.79 Å². The lowest BCUT2D eigenvalue weighted by Gasteiger charge is -2.01. The molecule has 0 amide bonds. The van der Waals surface area contributed by atoms with Crippen molar-refractivity contribution in [2.24, 2.45) is 0 Å². The number of aliphatic carboxylic acids is 1. The van der Waals surface area contributed by atoms with E-state index in [1.54, 1.807) is 0 Å². The molecule has 1 N–H and O–H groups in total. The minimum atomic E-state index is -3.73. The Morgan fingerprint density at radius 3 is 2.25 bits per heavy atom. The van der Waals surface area contributed by atoms with Gasteiger partial charge in [0.25, 0.3) is 5.78 Å². The summed E-state index contributed by atoms with van der Waals surface area (Å²) in [5.74, 6) is -4.17. The van der Waals surface area contributed by atoms with Crippen LogP contribution in [0.3, 0.4) is 0 Å². The lowest BCUT2D eigenvalue weighted by Crippen LogP contribution is -2.13. The van der Waals surface area contributed by atoms with Gasteiger partial charge in [0.05, 0.1) is 0 Å². The molecular weight excluding hydrogens is 239 g/mol. The maximum absolute atomic E-state index is 13.2. The first kappa shape index (κ1) is 12.3. The van der Waals surface area contributed by atoms with Crippen molar-refractivity contribution < 1.29 is 27.5 Å². The van der Waals surface area contributed by atoms with Crippen LogP contribution in [-0.2, 0) is 14.6 Å². The number of sulfone groups is 1. The molecule has 1 rings (SSSR count). The number of benzene rings is 1. The highest BCUT2D eigenvalue weighted by atomic mass is 32.2. The van der Waals surface area contributed by atoms with Crippen LogP contribution in [0, 0.1) is 5.82 Å². The lowest BCUT2D eigenvalue weighted by molar-refractivity contribution is -0.131. The van der Waals surface area contributed by atoms with Crippen LogP contribution in [0.5, 0.6) is 0 Å². The van der Waals surface area contributed by atoms with Crippen LogP contribution in [-0.4, -0.2) is 31.5 Å². The summed E-state index contributed by atoms with van der Waals surface area (Å²) in [4.78, 5) is 20.7. The van der Waals surface area contributed by atoms with E-state index < -0.39 is 37.9 Å². The largest absolute Gasteiger partial charge is 0.475 e. The summed E-state index contributed by atoms with van der Waals surface area (Å²) in [6.45, 7) is 0. The molecular formula is C9H7FO5S. The molecule has 0 aliphatic heterocycles. The Balaban J connectivity index is 3.30. The first-order valence-electron chi connectivity index (χ1n) is 4.00. The molecule has 5 nitrogen and oxygen atoms in total. The molecule has 0 heterocycles. The summed E-state index contributed by atoms with van der Waals surface area (Å²) < 4.78 is 35.3. The molecule has 0 bridgehead atoms. The number of carboxylic acid groups (broad SMARTS) is 1. The molecule has 0 aliphatic rings. The fourth-order valence-corrected chi connectivity index (χ4v) is 1.79. The maximum atomic E-state index is 13.2. The van der Waals surface area contributed by atoms with Crippen LogP contribution < -0.4 is 0 Å². The number of rotatable bonds is 3. The third-order valence-electron chi connectivity index (χ3n) is 1.79. The summed E-state index contributed by atoms with van der Waals surface area (Å²) in [5.41, 5.74) is -0.405. The molecule has 7 heteroatoms. The average molecular weight is 246 g/mol. The van der Waals surface area contributed by atoms with Gasteiger partial charge in [0.1, 0.15) is 10.7 Å². The highest BCUT2D eigenvalue weighted by Crippen LogP contribution is 2.16. The second-order valence-electron chi connectivity index (χ2n) is 3.05. The number of halogens is 1. The number of Topliss-reactive ketones (excluding diaryl/α,β-unsaturated/α-hetero) is 1. The third kappa shape index (κ3) is 2.43. The van der Waals surface area contributed by atoms with E-state index in [2.05, 4.69) is 0 Å². The van der Waals surface area contributed by atoms with E-state index in [9.17, 15) is 22.4 Å². The lowest BCUT2D eigenvalue weighted by atomic mass is 10.1. The molecule has 0 unspecified atom stereocenters. The number of carbonyl (C=O) groups is 2. The minimum Gasteiger partial charge on any atom is -0.475 e. The molecule has 86 valence electrons. The van der Waals surface area contributed by atoms with Crippen molar-refractivity contribution in [1.82, 2.24) is 0 Å².